The zero-order chi connectivity index (χ0) is 38.2. The van der Waals surface area contributed by atoms with Gasteiger partial charge in [-0.2, -0.15) is 0 Å². The van der Waals surface area contributed by atoms with E-state index in [4.69, 9.17) is 23.8 Å². The van der Waals surface area contributed by atoms with Gasteiger partial charge in [-0.1, -0.05) is 146 Å². The average Bonchev–Trinajstić information content (AvgIpc) is 3.87. The third-order valence-corrected chi connectivity index (χ3v) is 11.7. The largest absolute Gasteiger partial charge is 0.456 e. The summed E-state index contributed by atoms with van der Waals surface area (Å²) in [6.45, 7) is 0. The SMILES string of the molecule is C1=CC(c2nc(-c3ccc(-c4cc(-c5ccccc5)cc5oc6ccccc6c45)c4ccccc34)nc(-c3cccc4c3oc3ccccc34)n2)Cc2ccccc21. The maximum absolute atomic E-state index is 6.54. The Kier molecular flexibility index (Phi) is 7.29. The predicted octanol–water partition coefficient (Wildman–Crippen LogP) is 13.8. The van der Waals surface area contributed by atoms with Gasteiger partial charge in [0.1, 0.15) is 28.2 Å². The topological polar surface area (TPSA) is 65.0 Å². The zero-order valence-electron chi connectivity index (χ0n) is 31.3. The molecule has 1 unspecified atom stereocenters. The molecule has 1 aliphatic carbocycles. The molecule has 0 fully saturated rings. The molecule has 3 heterocycles. The minimum Gasteiger partial charge on any atom is -0.456 e. The Morgan fingerprint density at radius 2 is 1.09 bits per heavy atom. The highest BCUT2D eigenvalue weighted by atomic mass is 16.3. The first-order valence-corrected chi connectivity index (χ1v) is 19.7. The predicted molar refractivity (Wildman–Crippen MR) is 236 cm³/mol. The zero-order valence-corrected chi connectivity index (χ0v) is 31.3. The van der Waals surface area contributed by atoms with Crippen LogP contribution in [-0.2, 0) is 6.42 Å². The van der Waals surface area contributed by atoms with Crippen molar-refractivity contribution in [1.82, 2.24) is 15.0 Å². The van der Waals surface area contributed by atoms with E-state index in [1.165, 1.54) is 11.1 Å². The van der Waals surface area contributed by atoms with Crippen molar-refractivity contribution < 1.29 is 8.83 Å². The van der Waals surface area contributed by atoms with Crippen molar-refractivity contribution in [3.8, 4) is 45.0 Å². The second-order valence-corrected chi connectivity index (χ2v) is 15.1. The van der Waals surface area contributed by atoms with Crippen LogP contribution in [0.5, 0.6) is 0 Å². The van der Waals surface area contributed by atoms with Crippen molar-refractivity contribution in [3.05, 3.63) is 193 Å². The number of benzene rings is 8. The number of aromatic nitrogens is 3. The summed E-state index contributed by atoms with van der Waals surface area (Å²) in [7, 11) is 0. The van der Waals surface area contributed by atoms with E-state index >= 15 is 0 Å². The van der Waals surface area contributed by atoms with Gasteiger partial charge in [0.05, 0.1) is 5.56 Å². The molecule has 0 amide bonds. The van der Waals surface area contributed by atoms with E-state index in [-0.39, 0.29) is 5.92 Å². The summed E-state index contributed by atoms with van der Waals surface area (Å²) >= 11 is 0. The Morgan fingerprint density at radius 3 is 1.93 bits per heavy atom. The van der Waals surface area contributed by atoms with Crippen LogP contribution >= 0.6 is 0 Å². The maximum Gasteiger partial charge on any atom is 0.167 e. The molecule has 0 N–H and O–H groups in total. The summed E-state index contributed by atoms with van der Waals surface area (Å²) in [5.41, 5.74) is 12.1. The minimum absolute atomic E-state index is 0.0285. The van der Waals surface area contributed by atoms with Crippen LogP contribution in [0.3, 0.4) is 0 Å². The fraction of sp³-hybridized carbons (Fsp3) is 0.0377. The second-order valence-electron chi connectivity index (χ2n) is 15.1. The van der Waals surface area contributed by atoms with Gasteiger partial charge in [-0.15, -0.1) is 0 Å². The summed E-state index contributed by atoms with van der Waals surface area (Å²) in [6, 6.07) is 59.2. The quantitative estimate of drug-likeness (QED) is 0.176. The Balaban J connectivity index is 1.09. The van der Waals surface area contributed by atoms with Crippen LogP contribution < -0.4 is 0 Å². The molecular weight excluding hydrogens is 711 g/mol. The first-order valence-electron chi connectivity index (χ1n) is 19.7. The smallest absolute Gasteiger partial charge is 0.167 e. The molecule has 11 aromatic rings. The monoisotopic (exact) mass is 743 g/mol. The Morgan fingerprint density at radius 1 is 0.431 bits per heavy atom. The maximum atomic E-state index is 6.54. The van der Waals surface area contributed by atoms with Gasteiger partial charge in [0.2, 0.25) is 0 Å². The number of rotatable bonds is 5. The lowest BCUT2D eigenvalue weighted by molar-refractivity contribution is 0.668. The number of fused-ring (bicyclic) bond motifs is 8. The van der Waals surface area contributed by atoms with E-state index in [0.717, 1.165) is 100 Å². The van der Waals surface area contributed by atoms with Gasteiger partial charge in [0.25, 0.3) is 0 Å². The van der Waals surface area contributed by atoms with Crippen LogP contribution in [0.2, 0.25) is 0 Å². The van der Waals surface area contributed by atoms with E-state index in [0.29, 0.717) is 11.6 Å². The highest BCUT2D eigenvalue weighted by Gasteiger charge is 2.24. The van der Waals surface area contributed by atoms with E-state index < -0.39 is 0 Å². The highest BCUT2D eigenvalue weighted by molar-refractivity contribution is 6.17. The van der Waals surface area contributed by atoms with Gasteiger partial charge in [0.15, 0.2) is 11.6 Å². The normalized spacial score (nSPS) is 13.9. The number of para-hydroxylation sites is 3. The number of hydrogen-bond acceptors (Lipinski definition) is 5. The van der Waals surface area contributed by atoms with Crippen LogP contribution in [0, 0.1) is 0 Å². The lowest BCUT2D eigenvalue weighted by Crippen LogP contribution is -2.12. The molecule has 5 nitrogen and oxygen atoms in total. The summed E-state index contributed by atoms with van der Waals surface area (Å²) in [5, 5.41) is 6.45. The van der Waals surface area contributed by atoms with E-state index in [9.17, 15) is 0 Å². The minimum atomic E-state index is -0.0285. The van der Waals surface area contributed by atoms with Crippen molar-refractivity contribution in [2.45, 2.75) is 12.3 Å². The van der Waals surface area contributed by atoms with Crippen LogP contribution in [0.15, 0.2) is 185 Å². The number of allylic oxidation sites excluding steroid dienone is 1. The number of nitrogens with zero attached hydrogens (tertiary/aromatic N) is 3. The van der Waals surface area contributed by atoms with Gasteiger partial charge in [0, 0.05) is 33.0 Å². The molecule has 1 aliphatic rings. The third-order valence-electron chi connectivity index (χ3n) is 11.7. The lowest BCUT2D eigenvalue weighted by Gasteiger charge is -2.20. The average molecular weight is 744 g/mol. The number of hydrogen-bond donors (Lipinski definition) is 0. The van der Waals surface area contributed by atoms with Crippen molar-refractivity contribution in [2.75, 3.05) is 0 Å². The molecular formula is C53H33N3O2. The van der Waals surface area contributed by atoms with Crippen LogP contribution in [0.4, 0.5) is 0 Å². The van der Waals surface area contributed by atoms with Gasteiger partial charge in [-0.25, -0.2) is 15.0 Å². The van der Waals surface area contributed by atoms with E-state index in [1.54, 1.807) is 0 Å². The fourth-order valence-corrected chi connectivity index (χ4v) is 8.90. The van der Waals surface area contributed by atoms with Crippen LogP contribution in [0.25, 0.3) is 106 Å². The lowest BCUT2D eigenvalue weighted by atomic mass is 9.89. The molecule has 272 valence electrons. The first kappa shape index (κ1) is 32.6. The highest BCUT2D eigenvalue weighted by Crippen LogP contribution is 2.44. The second kappa shape index (κ2) is 13.0. The van der Waals surface area contributed by atoms with Crippen LogP contribution in [0.1, 0.15) is 22.9 Å². The van der Waals surface area contributed by atoms with Crippen LogP contribution in [-0.4, -0.2) is 15.0 Å². The van der Waals surface area contributed by atoms with Crippen molar-refractivity contribution in [1.29, 1.82) is 0 Å². The summed E-state index contributed by atoms with van der Waals surface area (Å²) < 4.78 is 13.1. The van der Waals surface area contributed by atoms with E-state index in [2.05, 4.69) is 152 Å². The Labute approximate surface area is 333 Å². The molecule has 0 radical (unpaired) electrons. The molecule has 0 aliphatic heterocycles. The van der Waals surface area contributed by atoms with E-state index in [1.807, 2.05) is 30.3 Å². The summed E-state index contributed by atoms with van der Waals surface area (Å²) in [6.07, 6.45) is 5.23. The van der Waals surface area contributed by atoms with Crippen molar-refractivity contribution >= 4 is 60.7 Å². The molecule has 58 heavy (non-hydrogen) atoms. The molecule has 8 aromatic carbocycles. The Bertz CT molecular complexity index is 3450. The van der Waals surface area contributed by atoms with Crippen molar-refractivity contribution in [2.24, 2.45) is 0 Å². The fourth-order valence-electron chi connectivity index (χ4n) is 8.90. The number of furan rings is 2. The van der Waals surface area contributed by atoms with Crippen molar-refractivity contribution in [3.63, 3.8) is 0 Å². The first-order chi connectivity index (χ1) is 28.7. The molecule has 0 bridgehead atoms. The van der Waals surface area contributed by atoms with Gasteiger partial charge in [-0.3, -0.25) is 0 Å². The van der Waals surface area contributed by atoms with Gasteiger partial charge < -0.3 is 8.83 Å². The standard InChI is InChI=1S/C53H33N3O2/c1-2-13-32(14-3-1)36-30-45(49-43-20-9-11-24-47(43)57-48(49)31-36)39-27-28-42(38-18-7-6-17-37(38)39)52-54-51(35-26-25-33-15-4-5-16-34(33)29-35)55-53(56-52)44-22-12-21-41-40-19-8-10-23-46(40)58-50(41)44/h1-28,30-31,35H,29H2. The molecule has 3 aromatic heterocycles. The van der Waals surface area contributed by atoms with Gasteiger partial charge >= 0.3 is 0 Å². The van der Waals surface area contributed by atoms with Gasteiger partial charge in [-0.05, 0) is 87.0 Å². The summed E-state index contributed by atoms with van der Waals surface area (Å²) in [5.74, 6) is 1.92. The Hall–Kier alpha value is -7.63. The molecule has 5 heteroatoms. The summed E-state index contributed by atoms with van der Waals surface area (Å²) in [4.78, 5) is 15.9. The molecule has 12 rings (SSSR count). The molecule has 0 saturated carbocycles. The molecule has 0 spiro atoms. The molecule has 0 saturated heterocycles. The molecule has 1 atom stereocenters. The third kappa shape index (κ3) is 5.21.